The maximum Gasteiger partial charge on any atom is 0.126 e. The van der Waals surface area contributed by atoms with Gasteiger partial charge in [0.1, 0.15) is 5.54 Å². The highest BCUT2D eigenvalue weighted by atomic mass is 15.2. The molecule has 100 valence electrons. The lowest BCUT2D eigenvalue weighted by Crippen LogP contribution is -2.54. The highest BCUT2D eigenvalue weighted by Gasteiger charge is 2.47. The summed E-state index contributed by atoms with van der Waals surface area (Å²) in [5.41, 5.74) is 2.34. The number of rotatable bonds is 4. The highest BCUT2D eigenvalue weighted by molar-refractivity contribution is 5.60. The van der Waals surface area contributed by atoms with E-state index in [0.717, 1.165) is 13.0 Å². The molecule has 0 radical (unpaired) electrons. The summed E-state index contributed by atoms with van der Waals surface area (Å²) in [6, 6.07) is 11.6. The zero-order chi connectivity index (χ0) is 13.5. The number of anilines is 1. The van der Waals surface area contributed by atoms with Gasteiger partial charge in [-0.1, -0.05) is 18.2 Å². The molecule has 1 aromatic carbocycles. The van der Waals surface area contributed by atoms with E-state index in [9.17, 15) is 5.26 Å². The maximum atomic E-state index is 9.64. The van der Waals surface area contributed by atoms with Gasteiger partial charge < -0.3 is 10.2 Å². The Morgan fingerprint density at radius 3 is 2.79 bits per heavy atom. The van der Waals surface area contributed by atoms with Crippen molar-refractivity contribution in [2.24, 2.45) is 5.92 Å². The van der Waals surface area contributed by atoms with Gasteiger partial charge in [-0.15, -0.1) is 0 Å². The summed E-state index contributed by atoms with van der Waals surface area (Å²) in [4.78, 5) is 2.41. The Kier molecular flexibility index (Phi) is 2.99. The van der Waals surface area contributed by atoms with E-state index in [1.54, 1.807) is 0 Å². The van der Waals surface area contributed by atoms with Crippen LogP contribution in [-0.4, -0.2) is 25.2 Å². The minimum absolute atomic E-state index is 0.383. The Balaban J connectivity index is 1.89. The van der Waals surface area contributed by atoms with E-state index in [1.165, 1.54) is 24.1 Å². The van der Waals surface area contributed by atoms with E-state index < -0.39 is 0 Å². The van der Waals surface area contributed by atoms with Crippen LogP contribution in [0.3, 0.4) is 0 Å². The molecule has 19 heavy (non-hydrogen) atoms. The van der Waals surface area contributed by atoms with Gasteiger partial charge in [0.05, 0.1) is 12.6 Å². The Labute approximate surface area is 115 Å². The van der Waals surface area contributed by atoms with Gasteiger partial charge in [-0.05, 0) is 50.8 Å². The Morgan fingerprint density at radius 1 is 1.42 bits per heavy atom. The van der Waals surface area contributed by atoms with E-state index in [-0.39, 0.29) is 5.54 Å². The van der Waals surface area contributed by atoms with Crippen molar-refractivity contribution in [1.82, 2.24) is 5.32 Å². The number of benzene rings is 1. The number of para-hydroxylation sites is 1. The molecule has 2 unspecified atom stereocenters. The molecule has 3 heteroatoms. The number of hydrogen-bond donors (Lipinski definition) is 1. The summed E-state index contributed by atoms with van der Waals surface area (Å²) in [5, 5.41) is 12.9. The monoisotopic (exact) mass is 255 g/mol. The number of hydrogen-bond acceptors (Lipinski definition) is 3. The van der Waals surface area contributed by atoms with Crippen LogP contribution in [-0.2, 0) is 6.42 Å². The molecule has 0 aromatic heterocycles. The zero-order valence-electron chi connectivity index (χ0n) is 11.7. The van der Waals surface area contributed by atoms with E-state index in [0.29, 0.717) is 12.0 Å². The molecule has 2 atom stereocenters. The average Bonchev–Trinajstić information content (AvgIpc) is 3.23. The van der Waals surface area contributed by atoms with Crippen molar-refractivity contribution >= 4 is 5.69 Å². The quantitative estimate of drug-likeness (QED) is 0.897. The van der Waals surface area contributed by atoms with E-state index in [2.05, 4.69) is 47.5 Å². The van der Waals surface area contributed by atoms with Gasteiger partial charge in [0.15, 0.2) is 0 Å². The van der Waals surface area contributed by atoms with E-state index >= 15 is 0 Å². The topological polar surface area (TPSA) is 39.1 Å². The molecule has 1 heterocycles. The third-order valence-electron chi connectivity index (χ3n) is 4.69. The number of likely N-dealkylation sites (N-methyl/N-ethyl adjacent to an activating group) is 1. The minimum atomic E-state index is -0.383. The van der Waals surface area contributed by atoms with Gasteiger partial charge in [-0.25, -0.2) is 0 Å². The standard InChI is InChI=1S/C16H21N3/c1-12-9-13-5-3-4-6-15(13)19(12)11-16(10-17,18-2)14-7-8-14/h3-6,12,14,18H,7-9,11H2,1-2H3. The van der Waals surface area contributed by atoms with Crippen LogP contribution in [0.4, 0.5) is 5.69 Å². The molecule has 1 aromatic rings. The largest absolute Gasteiger partial charge is 0.365 e. The average molecular weight is 255 g/mol. The lowest BCUT2D eigenvalue weighted by molar-refractivity contribution is 0.385. The summed E-state index contributed by atoms with van der Waals surface area (Å²) in [5.74, 6) is 0.516. The molecule has 0 bridgehead atoms. The van der Waals surface area contributed by atoms with Gasteiger partial charge in [-0.3, -0.25) is 0 Å². The van der Waals surface area contributed by atoms with Crippen LogP contribution >= 0.6 is 0 Å². The van der Waals surface area contributed by atoms with Crippen LogP contribution in [0.15, 0.2) is 24.3 Å². The Hall–Kier alpha value is -1.53. The fourth-order valence-corrected chi connectivity index (χ4v) is 3.31. The lowest BCUT2D eigenvalue weighted by Gasteiger charge is -2.35. The second-order valence-corrected chi connectivity index (χ2v) is 5.92. The lowest BCUT2D eigenvalue weighted by atomic mass is 9.94. The molecule has 0 amide bonds. The van der Waals surface area contributed by atoms with Crippen LogP contribution in [0.25, 0.3) is 0 Å². The van der Waals surface area contributed by atoms with Crippen molar-refractivity contribution in [2.75, 3.05) is 18.5 Å². The van der Waals surface area contributed by atoms with Crippen molar-refractivity contribution in [1.29, 1.82) is 5.26 Å². The van der Waals surface area contributed by atoms with Gasteiger partial charge in [0, 0.05) is 11.7 Å². The molecule has 0 spiro atoms. The number of nitrogens with one attached hydrogen (secondary N) is 1. The van der Waals surface area contributed by atoms with Gasteiger partial charge >= 0.3 is 0 Å². The summed E-state index contributed by atoms with van der Waals surface area (Å²) < 4.78 is 0. The molecule has 1 aliphatic heterocycles. The molecular formula is C16H21N3. The smallest absolute Gasteiger partial charge is 0.126 e. The molecule has 1 aliphatic carbocycles. The Morgan fingerprint density at radius 2 is 2.16 bits per heavy atom. The fraction of sp³-hybridized carbons (Fsp3) is 0.562. The molecule has 2 aliphatic rings. The maximum absolute atomic E-state index is 9.64. The molecule has 1 saturated carbocycles. The van der Waals surface area contributed by atoms with Crippen LogP contribution < -0.4 is 10.2 Å². The third kappa shape index (κ3) is 2.01. The third-order valence-corrected chi connectivity index (χ3v) is 4.69. The van der Waals surface area contributed by atoms with E-state index in [1.807, 2.05) is 7.05 Å². The first kappa shape index (κ1) is 12.5. The first-order chi connectivity index (χ1) is 9.20. The molecule has 0 saturated heterocycles. The van der Waals surface area contributed by atoms with Crippen LogP contribution in [0.5, 0.6) is 0 Å². The van der Waals surface area contributed by atoms with Crippen LogP contribution in [0, 0.1) is 17.2 Å². The van der Waals surface area contributed by atoms with E-state index in [4.69, 9.17) is 0 Å². The zero-order valence-corrected chi connectivity index (χ0v) is 11.7. The van der Waals surface area contributed by atoms with Crippen molar-refractivity contribution in [2.45, 2.75) is 37.8 Å². The van der Waals surface area contributed by atoms with Crippen molar-refractivity contribution in [3.05, 3.63) is 29.8 Å². The first-order valence-electron chi connectivity index (χ1n) is 7.15. The molecular weight excluding hydrogens is 234 g/mol. The highest BCUT2D eigenvalue weighted by Crippen LogP contribution is 2.42. The summed E-state index contributed by atoms with van der Waals surface area (Å²) in [7, 11) is 1.92. The molecule has 1 fully saturated rings. The number of fused-ring (bicyclic) bond motifs is 1. The fourth-order valence-electron chi connectivity index (χ4n) is 3.31. The van der Waals surface area contributed by atoms with Crippen molar-refractivity contribution in [3.8, 4) is 6.07 Å². The van der Waals surface area contributed by atoms with Crippen molar-refractivity contribution < 1.29 is 0 Å². The van der Waals surface area contributed by atoms with Crippen molar-refractivity contribution in [3.63, 3.8) is 0 Å². The summed E-state index contributed by atoms with van der Waals surface area (Å²) in [6.45, 7) is 3.05. The SMILES string of the molecule is CNC(C#N)(CN1c2ccccc2CC1C)C1CC1. The molecule has 3 rings (SSSR count). The second-order valence-electron chi connectivity index (χ2n) is 5.92. The summed E-state index contributed by atoms with van der Waals surface area (Å²) in [6.07, 6.45) is 3.45. The number of nitriles is 1. The van der Waals surface area contributed by atoms with Crippen LogP contribution in [0.2, 0.25) is 0 Å². The molecule has 1 N–H and O–H groups in total. The normalized spacial score (nSPS) is 24.7. The van der Waals surface area contributed by atoms with Crippen LogP contribution in [0.1, 0.15) is 25.3 Å². The Bertz CT molecular complexity index is 515. The first-order valence-corrected chi connectivity index (χ1v) is 7.15. The summed E-state index contributed by atoms with van der Waals surface area (Å²) >= 11 is 0. The molecule has 3 nitrogen and oxygen atoms in total. The van der Waals surface area contributed by atoms with Gasteiger partial charge in [0.2, 0.25) is 0 Å². The van der Waals surface area contributed by atoms with Gasteiger partial charge in [0.25, 0.3) is 0 Å². The number of nitrogens with zero attached hydrogens (tertiary/aromatic N) is 2. The second kappa shape index (κ2) is 4.54. The predicted molar refractivity (Wildman–Crippen MR) is 77.1 cm³/mol. The van der Waals surface area contributed by atoms with Gasteiger partial charge in [-0.2, -0.15) is 5.26 Å². The predicted octanol–water partition coefficient (Wildman–Crippen LogP) is 2.33. The minimum Gasteiger partial charge on any atom is -0.365 e.